The number of carbonyl (C=O) groups excluding carboxylic acids is 1. The molecule has 2 N–H and O–H groups in total. The first-order chi connectivity index (χ1) is 6.97. The summed E-state index contributed by atoms with van der Waals surface area (Å²) in [5.74, 6) is -1.05. The lowest BCUT2D eigenvalue weighted by molar-refractivity contribution is 0.0593. The number of nitrogen functional groups attached to an aromatic ring is 1. The lowest BCUT2D eigenvalue weighted by Crippen LogP contribution is -2.10. The molecule has 0 aromatic carbocycles. The number of nitrogens with zero attached hydrogens (tertiary/aromatic N) is 1. The minimum atomic E-state index is -2.70. The van der Waals surface area contributed by atoms with Gasteiger partial charge in [-0.15, -0.1) is 0 Å². The monoisotopic (exact) mass is 216 g/mol. The highest BCUT2D eigenvalue weighted by atomic mass is 19.3. The number of carbonyl (C=O) groups is 1. The second kappa shape index (κ2) is 4.20. The number of hydrogen-bond donors (Lipinski definition) is 1. The molecule has 0 saturated carbocycles. The van der Waals surface area contributed by atoms with Gasteiger partial charge in [0.15, 0.2) is 5.69 Å². The Balaban J connectivity index is 3.25. The van der Waals surface area contributed by atoms with E-state index in [0.29, 0.717) is 0 Å². The second-order valence-corrected chi connectivity index (χ2v) is 2.92. The summed E-state index contributed by atoms with van der Waals surface area (Å²) in [6.07, 6.45) is -2.70. The number of methoxy groups -OCH3 is 1. The molecule has 0 aliphatic carbocycles. The van der Waals surface area contributed by atoms with Crippen molar-refractivity contribution < 1.29 is 18.3 Å². The lowest BCUT2D eigenvalue weighted by Gasteiger charge is -2.09. The van der Waals surface area contributed by atoms with Crippen molar-refractivity contribution >= 4 is 11.8 Å². The number of rotatable bonds is 2. The Bertz CT molecular complexity index is 371. The number of alkyl halides is 2. The van der Waals surface area contributed by atoms with Crippen molar-refractivity contribution in [2.45, 2.75) is 13.3 Å². The molecular formula is C9H10F2N2O2. The van der Waals surface area contributed by atoms with Crippen molar-refractivity contribution in [1.82, 2.24) is 4.98 Å². The largest absolute Gasteiger partial charge is 0.464 e. The van der Waals surface area contributed by atoms with Crippen LogP contribution in [0.25, 0.3) is 0 Å². The molecule has 1 rings (SSSR count). The highest BCUT2D eigenvalue weighted by molar-refractivity contribution is 5.88. The standard InChI is InChI=1S/C9H10F2N2O2/c1-4-3-5(9(14)15-2)13-8(12)6(4)7(10)11/h3,7H,1-2H3,(H2,12,13). The van der Waals surface area contributed by atoms with Crippen molar-refractivity contribution in [3.05, 3.63) is 22.9 Å². The van der Waals surface area contributed by atoms with Crippen LogP contribution in [0.4, 0.5) is 14.6 Å². The first kappa shape index (κ1) is 11.4. The Morgan fingerprint density at radius 1 is 1.60 bits per heavy atom. The first-order valence-corrected chi connectivity index (χ1v) is 4.10. The number of halogens is 2. The van der Waals surface area contributed by atoms with Crippen LogP contribution in [-0.4, -0.2) is 18.1 Å². The molecule has 0 spiro atoms. The van der Waals surface area contributed by atoms with Crippen LogP contribution in [0, 0.1) is 6.92 Å². The molecule has 4 nitrogen and oxygen atoms in total. The minimum absolute atomic E-state index is 0.0723. The van der Waals surface area contributed by atoms with E-state index in [0.717, 1.165) is 0 Å². The number of esters is 1. The van der Waals surface area contributed by atoms with Gasteiger partial charge in [0.25, 0.3) is 6.43 Å². The first-order valence-electron chi connectivity index (χ1n) is 4.10. The van der Waals surface area contributed by atoms with E-state index in [-0.39, 0.29) is 22.6 Å². The van der Waals surface area contributed by atoms with Crippen molar-refractivity contribution in [1.29, 1.82) is 0 Å². The van der Waals surface area contributed by atoms with Gasteiger partial charge in [0.1, 0.15) is 5.82 Å². The van der Waals surface area contributed by atoms with Crippen molar-refractivity contribution in [3.63, 3.8) is 0 Å². The van der Waals surface area contributed by atoms with E-state index in [9.17, 15) is 13.6 Å². The third-order valence-electron chi connectivity index (χ3n) is 1.91. The lowest BCUT2D eigenvalue weighted by atomic mass is 10.1. The molecule has 1 heterocycles. The molecule has 6 heteroatoms. The maximum Gasteiger partial charge on any atom is 0.356 e. The molecule has 1 aromatic rings. The van der Waals surface area contributed by atoms with Crippen LogP contribution in [-0.2, 0) is 4.74 Å². The number of nitrogens with two attached hydrogens (primary N) is 1. The van der Waals surface area contributed by atoms with Crippen LogP contribution in [0.2, 0.25) is 0 Å². The Kier molecular flexibility index (Phi) is 3.18. The zero-order valence-corrected chi connectivity index (χ0v) is 8.25. The van der Waals surface area contributed by atoms with Crippen LogP contribution in [0.15, 0.2) is 6.07 Å². The normalized spacial score (nSPS) is 10.5. The fraction of sp³-hybridized carbons (Fsp3) is 0.333. The summed E-state index contributed by atoms with van der Waals surface area (Å²) in [5.41, 5.74) is 5.12. The summed E-state index contributed by atoms with van der Waals surface area (Å²) in [5, 5.41) is 0. The number of anilines is 1. The molecule has 0 bridgehead atoms. The predicted octanol–water partition coefficient (Wildman–Crippen LogP) is 1.70. The summed E-state index contributed by atoms with van der Waals surface area (Å²) in [7, 11) is 1.18. The summed E-state index contributed by atoms with van der Waals surface area (Å²) in [6, 6.07) is 1.23. The predicted molar refractivity (Wildman–Crippen MR) is 49.7 cm³/mol. The van der Waals surface area contributed by atoms with Gasteiger partial charge in [-0.3, -0.25) is 0 Å². The van der Waals surface area contributed by atoms with Crippen LogP contribution < -0.4 is 5.73 Å². The molecular weight excluding hydrogens is 206 g/mol. The van der Waals surface area contributed by atoms with Crippen molar-refractivity contribution in [3.8, 4) is 0 Å². The van der Waals surface area contributed by atoms with Gasteiger partial charge in [-0.05, 0) is 18.6 Å². The number of pyridine rings is 1. The third-order valence-corrected chi connectivity index (χ3v) is 1.91. The molecule has 15 heavy (non-hydrogen) atoms. The van der Waals surface area contributed by atoms with E-state index in [2.05, 4.69) is 9.72 Å². The zero-order valence-electron chi connectivity index (χ0n) is 8.25. The number of ether oxygens (including phenoxy) is 1. The average molecular weight is 216 g/mol. The molecule has 82 valence electrons. The molecule has 0 atom stereocenters. The van der Waals surface area contributed by atoms with Gasteiger partial charge in [0, 0.05) is 0 Å². The smallest absolute Gasteiger partial charge is 0.356 e. The van der Waals surface area contributed by atoms with E-state index in [1.54, 1.807) is 0 Å². The quantitative estimate of drug-likeness (QED) is 0.764. The van der Waals surface area contributed by atoms with Gasteiger partial charge in [-0.1, -0.05) is 0 Å². The zero-order chi connectivity index (χ0) is 11.6. The molecule has 1 aromatic heterocycles. The topological polar surface area (TPSA) is 65.2 Å². The molecule has 0 unspecified atom stereocenters. The van der Waals surface area contributed by atoms with Crippen LogP contribution in [0.1, 0.15) is 28.0 Å². The Morgan fingerprint density at radius 2 is 2.20 bits per heavy atom. The van der Waals surface area contributed by atoms with Crippen LogP contribution in [0.3, 0.4) is 0 Å². The summed E-state index contributed by atoms with van der Waals surface area (Å²) < 4.78 is 29.3. The van der Waals surface area contributed by atoms with Gasteiger partial charge < -0.3 is 10.5 Å². The van der Waals surface area contributed by atoms with Crippen molar-refractivity contribution in [2.24, 2.45) is 0 Å². The molecule has 0 saturated heterocycles. The maximum atomic E-state index is 12.5. The van der Waals surface area contributed by atoms with E-state index >= 15 is 0 Å². The van der Waals surface area contributed by atoms with Gasteiger partial charge >= 0.3 is 5.97 Å². The summed E-state index contributed by atoms with van der Waals surface area (Å²) >= 11 is 0. The fourth-order valence-electron chi connectivity index (χ4n) is 1.20. The Hall–Kier alpha value is -1.72. The Labute approximate surface area is 85.1 Å². The maximum absolute atomic E-state index is 12.5. The van der Waals surface area contributed by atoms with E-state index in [1.165, 1.54) is 20.1 Å². The summed E-state index contributed by atoms with van der Waals surface area (Å²) in [4.78, 5) is 14.6. The van der Waals surface area contributed by atoms with Crippen LogP contribution in [0.5, 0.6) is 0 Å². The number of aromatic nitrogens is 1. The molecule has 0 radical (unpaired) electrons. The van der Waals surface area contributed by atoms with Crippen LogP contribution >= 0.6 is 0 Å². The second-order valence-electron chi connectivity index (χ2n) is 2.92. The summed E-state index contributed by atoms with van der Waals surface area (Å²) in [6.45, 7) is 1.44. The van der Waals surface area contributed by atoms with E-state index in [1.807, 2.05) is 0 Å². The third kappa shape index (κ3) is 2.20. The number of aryl methyl sites for hydroxylation is 1. The molecule has 0 aliphatic heterocycles. The SMILES string of the molecule is COC(=O)c1cc(C)c(C(F)F)c(N)n1. The van der Waals surface area contributed by atoms with Gasteiger partial charge in [0.2, 0.25) is 0 Å². The highest BCUT2D eigenvalue weighted by Crippen LogP contribution is 2.27. The van der Waals surface area contributed by atoms with Gasteiger partial charge in [0.05, 0.1) is 12.7 Å². The van der Waals surface area contributed by atoms with E-state index < -0.39 is 12.4 Å². The minimum Gasteiger partial charge on any atom is -0.464 e. The van der Waals surface area contributed by atoms with Crippen molar-refractivity contribution in [2.75, 3.05) is 12.8 Å². The van der Waals surface area contributed by atoms with Gasteiger partial charge in [-0.2, -0.15) is 0 Å². The Morgan fingerprint density at radius 3 is 2.60 bits per heavy atom. The fourth-order valence-corrected chi connectivity index (χ4v) is 1.20. The molecule has 0 aliphatic rings. The highest BCUT2D eigenvalue weighted by Gasteiger charge is 2.19. The molecule has 0 fully saturated rings. The number of hydrogen-bond acceptors (Lipinski definition) is 4. The average Bonchev–Trinajstić information content (AvgIpc) is 2.14. The van der Waals surface area contributed by atoms with Gasteiger partial charge in [-0.25, -0.2) is 18.6 Å². The molecule has 0 amide bonds. The van der Waals surface area contributed by atoms with E-state index in [4.69, 9.17) is 5.73 Å².